The molecule has 2 atom stereocenters. The summed E-state index contributed by atoms with van der Waals surface area (Å²) in [6, 6.07) is 13.1. The molecule has 7 heterocycles. The maximum atomic E-state index is 11.7. The maximum absolute atomic E-state index is 11.7. The third-order valence-electron chi connectivity index (χ3n) is 9.64. The van der Waals surface area contributed by atoms with Crippen molar-refractivity contribution >= 4 is 43.9 Å². The Morgan fingerprint density at radius 3 is 2.30 bits per heavy atom. The first-order chi connectivity index (χ1) is 25.3. The number of imidazole rings is 1. The fourth-order valence-electron chi connectivity index (χ4n) is 6.44. The van der Waals surface area contributed by atoms with E-state index in [-0.39, 0.29) is 5.54 Å². The van der Waals surface area contributed by atoms with Crippen LogP contribution in [0.25, 0.3) is 39.0 Å². The van der Waals surface area contributed by atoms with E-state index in [1.807, 2.05) is 75.0 Å². The summed E-state index contributed by atoms with van der Waals surface area (Å²) in [4.78, 5) is 14.1. The van der Waals surface area contributed by atoms with Crippen LogP contribution in [0.4, 0.5) is 0 Å². The predicted octanol–water partition coefficient (Wildman–Crippen LogP) is 7.05. The molecule has 14 heteroatoms. The van der Waals surface area contributed by atoms with E-state index in [1.54, 1.807) is 10.9 Å². The molecule has 274 valence electrons. The lowest BCUT2D eigenvalue weighted by molar-refractivity contribution is 0.0452. The van der Waals surface area contributed by atoms with Gasteiger partial charge >= 0.3 is 0 Å². The second kappa shape index (κ2) is 14.8. The van der Waals surface area contributed by atoms with Crippen molar-refractivity contribution in [1.29, 1.82) is 0 Å². The fraction of sp³-hybridized carbons (Fsp3) is 0.359. The number of rotatable bonds is 15. The Bertz CT molecular complexity index is 2410. The number of pyridine rings is 3. The van der Waals surface area contributed by atoms with Crippen LogP contribution in [-0.4, -0.2) is 77.9 Å². The van der Waals surface area contributed by atoms with Crippen LogP contribution >= 0.6 is 0 Å². The van der Waals surface area contributed by atoms with Gasteiger partial charge < -0.3 is 28.1 Å². The molecule has 0 aromatic carbocycles. The monoisotopic (exact) mass is 745 g/mol. The Kier molecular flexibility index (Phi) is 10.2. The number of ether oxygens (including phenoxy) is 2. The number of aliphatic hydroxyl groups excluding tert-OH is 1. The molecule has 0 bridgehead atoms. The van der Waals surface area contributed by atoms with Gasteiger partial charge in [0.2, 0.25) is 0 Å². The van der Waals surface area contributed by atoms with Crippen LogP contribution in [0.2, 0.25) is 50.9 Å². The summed E-state index contributed by atoms with van der Waals surface area (Å²) in [6.07, 6.45) is 18.2. The quantitative estimate of drug-likeness (QED) is 0.0674. The Morgan fingerprint density at radius 2 is 1.58 bits per heavy atom. The number of hydrogen-bond donors (Lipinski definition) is 1. The lowest BCUT2D eigenvalue weighted by Gasteiger charge is -2.33. The average molecular weight is 746 g/mol. The highest BCUT2D eigenvalue weighted by Crippen LogP contribution is 2.36. The van der Waals surface area contributed by atoms with E-state index >= 15 is 0 Å². The van der Waals surface area contributed by atoms with Gasteiger partial charge in [-0.3, -0.25) is 0 Å². The molecule has 12 nitrogen and oxygen atoms in total. The lowest BCUT2D eigenvalue weighted by atomic mass is 10.1. The van der Waals surface area contributed by atoms with E-state index in [0.29, 0.717) is 26.6 Å². The topological polar surface area (TPSA) is 122 Å². The number of terminal acetylenes is 1. The van der Waals surface area contributed by atoms with Gasteiger partial charge in [-0.15, -0.1) is 11.5 Å². The normalized spacial score (nSPS) is 13.6. The van der Waals surface area contributed by atoms with Crippen molar-refractivity contribution in [2.75, 3.05) is 13.2 Å². The van der Waals surface area contributed by atoms with E-state index in [2.05, 4.69) is 72.6 Å². The summed E-state index contributed by atoms with van der Waals surface area (Å²) in [5.41, 5.74) is 6.49. The molecule has 0 aliphatic rings. The molecule has 0 aliphatic carbocycles. The van der Waals surface area contributed by atoms with Gasteiger partial charge in [0.1, 0.15) is 36.1 Å². The van der Waals surface area contributed by atoms with Crippen molar-refractivity contribution < 1.29 is 14.6 Å². The zero-order chi connectivity index (χ0) is 37.3. The fourth-order valence-corrected chi connectivity index (χ4v) is 8.95. The van der Waals surface area contributed by atoms with Gasteiger partial charge in [0, 0.05) is 79.3 Å². The maximum Gasteiger partial charge on any atom is 0.141 e. The molecule has 0 saturated carbocycles. The predicted molar refractivity (Wildman–Crippen MR) is 213 cm³/mol. The lowest BCUT2D eigenvalue weighted by Crippen LogP contribution is -2.35. The molecule has 1 N–H and O–H groups in total. The molecule has 0 radical (unpaired) electrons. The number of nitrogens with zero attached hydrogens (tertiary/aromatic N) is 9. The van der Waals surface area contributed by atoms with E-state index in [0.717, 1.165) is 68.4 Å². The molecule has 2 unspecified atom stereocenters. The van der Waals surface area contributed by atoms with E-state index in [4.69, 9.17) is 25.9 Å². The van der Waals surface area contributed by atoms with Crippen molar-refractivity contribution in [1.82, 2.24) is 43.5 Å². The number of hydrogen-bond acceptors (Lipinski definition) is 8. The van der Waals surface area contributed by atoms with Gasteiger partial charge in [-0.2, -0.15) is 0 Å². The Balaban J connectivity index is 0.994. The third kappa shape index (κ3) is 8.35. The van der Waals surface area contributed by atoms with Crippen LogP contribution < -0.4 is 0 Å². The summed E-state index contributed by atoms with van der Waals surface area (Å²) >= 11 is 0. The second-order valence-corrected chi connectivity index (χ2v) is 27.1. The Labute approximate surface area is 311 Å². The first-order valence-electron chi connectivity index (χ1n) is 17.9. The van der Waals surface area contributed by atoms with Crippen LogP contribution in [0.15, 0.2) is 79.8 Å². The number of aromatic nitrogens is 9. The zero-order valence-corrected chi connectivity index (χ0v) is 33.3. The summed E-state index contributed by atoms with van der Waals surface area (Å²) < 4.78 is 19.9. The van der Waals surface area contributed by atoms with Crippen LogP contribution in [-0.2, 0) is 29.5 Å². The van der Waals surface area contributed by atoms with Crippen LogP contribution in [0.3, 0.4) is 0 Å². The Hall–Kier alpha value is -4.92. The van der Waals surface area contributed by atoms with E-state index < -0.39 is 22.3 Å². The number of aliphatic hydroxyl groups is 1. The van der Waals surface area contributed by atoms with Gasteiger partial charge in [-0.25, -0.2) is 19.6 Å². The van der Waals surface area contributed by atoms with Gasteiger partial charge in [-0.05, 0) is 41.9 Å². The minimum absolute atomic E-state index is 0.0419. The summed E-state index contributed by atoms with van der Waals surface area (Å²) in [6.45, 7) is 16.3. The average Bonchev–Trinajstić information content (AvgIpc) is 3.92. The largest absolute Gasteiger partial charge is 0.388 e. The highest BCUT2D eigenvalue weighted by atomic mass is 28.3. The molecule has 0 fully saturated rings. The van der Waals surface area contributed by atoms with Crippen LogP contribution in [0.1, 0.15) is 22.9 Å². The van der Waals surface area contributed by atoms with Gasteiger partial charge in [0.25, 0.3) is 0 Å². The van der Waals surface area contributed by atoms with E-state index in [1.165, 1.54) is 0 Å². The molecular weight excluding hydrogens is 699 g/mol. The first-order valence-corrected chi connectivity index (χ1v) is 25.2. The molecule has 7 rings (SSSR count). The van der Waals surface area contributed by atoms with Crippen molar-refractivity contribution in [2.24, 2.45) is 0 Å². The van der Waals surface area contributed by atoms with E-state index in [9.17, 15) is 5.11 Å². The summed E-state index contributed by atoms with van der Waals surface area (Å²) in [5, 5.41) is 22.5. The van der Waals surface area contributed by atoms with Gasteiger partial charge in [0.15, 0.2) is 0 Å². The van der Waals surface area contributed by atoms with Gasteiger partial charge in [0.05, 0.1) is 39.2 Å². The smallest absolute Gasteiger partial charge is 0.141 e. The Morgan fingerprint density at radius 1 is 0.868 bits per heavy atom. The summed E-state index contributed by atoms with van der Waals surface area (Å²) in [7, 11) is -2.99. The standard InChI is InChI=1S/C39H47N9O3Si2/c1-8-28-17-29-11-13-46(38(29)40-19-28)27-51-25-35(53(5,6)7)37(49)31-9-10-36-42-33(22-47(36)21-31)23-48-24-34(43-44-48)32-18-30-12-14-45(39(30)41-20-32)26-50-15-16-52(2,3)4/h1,9-14,17-22,24,35,37,49H,15-16,23,25-27H2,2-7H3. The van der Waals surface area contributed by atoms with Crippen LogP contribution in [0.5, 0.6) is 0 Å². The van der Waals surface area contributed by atoms with Gasteiger partial charge in [-0.1, -0.05) is 56.5 Å². The zero-order valence-electron chi connectivity index (χ0n) is 31.3. The van der Waals surface area contributed by atoms with Crippen molar-refractivity contribution in [2.45, 2.75) is 77.0 Å². The highest BCUT2D eigenvalue weighted by molar-refractivity contribution is 6.77. The minimum atomic E-state index is -1.86. The molecule has 7 aromatic heterocycles. The van der Waals surface area contributed by atoms with Crippen LogP contribution in [0, 0.1) is 12.3 Å². The molecule has 7 aromatic rings. The third-order valence-corrected chi connectivity index (χ3v) is 14.1. The molecule has 0 saturated heterocycles. The molecule has 53 heavy (non-hydrogen) atoms. The van der Waals surface area contributed by atoms with Crippen molar-refractivity contribution in [3.63, 3.8) is 0 Å². The molecular formula is C39H47N9O3Si2. The minimum Gasteiger partial charge on any atom is -0.388 e. The molecule has 0 aliphatic heterocycles. The SMILES string of the molecule is C#Cc1cnc2c(ccn2COCC(C(O)c2ccc3nc(Cn4cc(-c5cnc6c(ccn6COCC[Si](C)(C)C)c5)nn4)cn3c2)[Si](C)(C)C)c1. The number of fused-ring (bicyclic) bond motifs is 3. The molecule has 0 spiro atoms. The molecule has 0 amide bonds. The van der Waals surface area contributed by atoms with Crippen molar-refractivity contribution in [3.8, 4) is 23.6 Å². The van der Waals surface area contributed by atoms with Crippen molar-refractivity contribution in [3.05, 3.63) is 96.6 Å². The summed E-state index contributed by atoms with van der Waals surface area (Å²) in [5.74, 6) is 2.63. The highest BCUT2D eigenvalue weighted by Gasteiger charge is 2.34. The second-order valence-electron chi connectivity index (χ2n) is 16.0. The first kappa shape index (κ1) is 36.4.